The van der Waals surface area contributed by atoms with E-state index < -0.39 is 47.7 Å². The van der Waals surface area contributed by atoms with Crippen LogP contribution in [0.25, 0.3) is 0 Å². The predicted octanol–water partition coefficient (Wildman–Crippen LogP) is 3.36. The van der Waals surface area contributed by atoms with E-state index in [1.165, 1.54) is 4.90 Å². The number of hydrogen-bond acceptors (Lipinski definition) is 7. The van der Waals surface area contributed by atoms with E-state index in [0.29, 0.717) is 38.8 Å². The third-order valence-electron chi connectivity index (χ3n) is 9.25. The minimum absolute atomic E-state index is 0.0977. The van der Waals surface area contributed by atoms with Gasteiger partial charge in [0.15, 0.2) is 0 Å². The number of hydrogen-bond donors (Lipinski definition) is 2. The summed E-state index contributed by atoms with van der Waals surface area (Å²) in [6.07, 6.45) is 6.70. The number of carbonyl (C=O) groups is 4. The lowest BCUT2D eigenvalue weighted by Crippen LogP contribution is -2.60. The molecule has 1 unspecified atom stereocenters. The first-order valence-electron chi connectivity index (χ1n) is 15.7. The Morgan fingerprint density at radius 1 is 1.26 bits per heavy atom. The van der Waals surface area contributed by atoms with Crippen molar-refractivity contribution < 1.29 is 33.8 Å². The number of allylic oxidation sites excluding steroid dienone is 1. The van der Waals surface area contributed by atoms with Crippen LogP contribution in [0.1, 0.15) is 72.6 Å². The van der Waals surface area contributed by atoms with Crippen LogP contribution in [0.2, 0.25) is 0 Å². The molecule has 2 bridgehead atoms. The third kappa shape index (κ3) is 7.20. The van der Waals surface area contributed by atoms with Gasteiger partial charge in [-0.1, -0.05) is 68.1 Å². The second-order valence-electron chi connectivity index (χ2n) is 12.2. The Hall–Kier alpha value is -2.24. The molecule has 0 aliphatic carbocycles. The van der Waals surface area contributed by atoms with E-state index >= 15 is 0 Å². The molecule has 3 rings (SSSR count). The average Bonchev–Trinajstić information content (AvgIpc) is 3.58. The van der Waals surface area contributed by atoms with Gasteiger partial charge in [-0.3, -0.25) is 19.2 Å². The van der Waals surface area contributed by atoms with Gasteiger partial charge >= 0.3 is 5.97 Å². The van der Waals surface area contributed by atoms with Crippen LogP contribution in [-0.4, -0.2) is 99.6 Å². The Morgan fingerprint density at radius 2 is 1.98 bits per heavy atom. The van der Waals surface area contributed by atoms with Crippen LogP contribution >= 0.6 is 15.9 Å². The molecular formula is C32H50BrN3O7. The molecule has 0 radical (unpaired) electrons. The molecule has 43 heavy (non-hydrogen) atoms. The molecule has 3 heterocycles. The standard InChI is InChI=1S/C32H50BrN3O7/c1-7-11-13-16-35(15-9-3)30(40)28-32-17-22(33)27(43-32)25(26(32)29(39)36(28)23(19-37)20(5)10-4)31(41)42-21(6)18-34-24(38)14-12-8-2/h8-9,20-23,25-28,37H,2-3,7,10-19H2,1,4-6H3,(H,34,38)/t20-,21-,22?,23-,25+,26-,27+,28+,32-/m0/s1. The van der Waals surface area contributed by atoms with Gasteiger partial charge in [0.2, 0.25) is 17.7 Å². The first-order chi connectivity index (χ1) is 20.5. The molecule has 1 spiro atoms. The van der Waals surface area contributed by atoms with E-state index in [4.69, 9.17) is 9.47 Å². The zero-order valence-electron chi connectivity index (χ0n) is 26.1. The zero-order chi connectivity index (χ0) is 31.9. The fourth-order valence-electron chi connectivity index (χ4n) is 6.86. The number of ether oxygens (including phenoxy) is 2. The maximum Gasteiger partial charge on any atom is 0.312 e. The monoisotopic (exact) mass is 667 g/mol. The van der Waals surface area contributed by atoms with Crippen molar-refractivity contribution in [1.82, 2.24) is 15.1 Å². The number of rotatable bonds is 18. The largest absolute Gasteiger partial charge is 0.460 e. The number of nitrogens with zero attached hydrogens (tertiary/aromatic N) is 2. The number of amides is 3. The van der Waals surface area contributed by atoms with Gasteiger partial charge in [-0.2, -0.15) is 0 Å². The minimum Gasteiger partial charge on any atom is -0.460 e. The van der Waals surface area contributed by atoms with E-state index in [-0.39, 0.29) is 41.6 Å². The molecule has 2 N–H and O–H groups in total. The summed E-state index contributed by atoms with van der Waals surface area (Å²) in [6, 6.07) is -1.62. The van der Waals surface area contributed by atoms with E-state index in [2.05, 4.69) is 41.3 Å². The molecule has 0 aromatic rings. The van der Waals surface area contributed by atoms with Crippen molar-refractivity contribution in [1.29, 1.82) is 0 Å². The van der Waals surface area contributed by atoms with Gasteiger partial charge in [-0.25, -0.2) is 0 Å². The van der Waals surface area contributed by atoms with E-state index in [0.717, 1.165) is 19.3 Å². The molecule has 0 aromatic carbocycles. The zero-order valence-corrected chi connectivity index (χ0v) is 27.7. The van der Waals surface area contributed by atoms with Crippen molar-refractivity contribution in [2.45, 2.75) is 107 Å². The minimum atomic E-state index is -1.25. The van der Waals surface area contributed by atoms with Crippen LogP contribution in [-0.2, 0) is 28.7 Å². The quantitative estimate of drug-likeness (QED) is 0.0994. The first kappa shape index (κ1) is 35.2. The van der Waals surface area contributed by atoms with E-state index in [9.17, 15) is 24.3 Å². The maximum atomic E-state index is 14.5. The maximum absolute atomic E-state index is 14.5. The van der Waals surface area contributed by atoms with Crippen LogP contribution in [0.4, 0.5) is 0 Å². The molecule has 10 nitrogen and oxygen atoms in total. The number of aliphatic hydroxyl groups excluding tert-OH is 1. The number of likely N-dealkylation sites (tertiary alicyclic amines) is 1. The highest BCUT2D eigenvalue weighted by molar-refractivity contribution is 9.09. The smallest absolute Gasteiger partial charge is 0.312 e. The van der Waals surface area contributed by atoms with Crippen molar-refractivity contribution in [3.8, 4) is 0 Å². The highest BCUT2D eigenvalue weighted by Gasteiger charge is 2.77. The normalized spacial score (nSPS) is 29.5. The predicted molar refractivity (Wildman–Crippen MR) is 167 cm³/mol. The molecule has 0 aromatic heterocycles. The molecule has 3 amide bonds. The lowest BCUT2D eigenvalue weighted by atomic mass is 9.70. The molecular weight excluding hydrogens is 618 g/mol. The Morgan fingerprint density at radius 3 is 2.58 bits per heavy atom. The van der Waals surface area contributed by atoms with Crippen LogP contribution < -0.4 is 5.32 Å². The van der Waals surface area contributed by atoms with Crippen LogP contribution in [0.3, 0.4) is 0 Å². The van der Waals surface area contributed by atoms with Crippen LogP contribution in [0.5, 0.6) is 0 Å². The topological polar surface area (TPSA) is 125 Å². The number of unbranched alkanes of at least 4 members (excludes halogenated alkanes) is 2. The van der Waals surface area contributed by atoms with Gasteiger partial charge in [-0.05, 0) is 32.1 Å². The van der Waals surface area contributed by atoms with Crippen molar-refractivity contribution >= 4 is 39.6 Å². The number of carbonyl (C=O) groups excluding carboxylic acids is 4. The van der Waals surface area contributed by atoms with Crippen LogP contribution in [0, 0.1) is 17.8 Å². The van der Waals surface area contributed by atoms with Crippen molar-refractivity contribution in [3.05, 3.63) is 25.3 Å². The molecule has 0 saturated carbocycles. The molecule has 3 aliphatic heterocycles. The van der Waals surface area contributed by atoms with Gasteiger partial charge in [0.1, 0.15) is 17.7 Å². The number of alkyl halides is 1. The second kappa shape index (κ2) is 15.7. The van der Waals surface area contributed by atoms with Crippen molar-refractivity contribution in [2.24, 2.45) is 17.8 Å². The number of halogens is 1. The summed E-state index contributed by atoms with van der Waals surface area (Å²) in [5.74, 6) is -3.34. The molecule has 242 valence electrons. The summed E-state index contributed by atoms with van der Waals surface area (Å²) in [5.41, 5.74) is -1.25. The van der Waals surface area contributed by atoms with Gasteiger partial charge in [0, 0.05) is 24.3 Å². The Balaban J connectivity index is 1.96. The molecule has 3 aliphatic rings. The third-order valence-corrected chi connectivity index (χ3v) is 10.1. The summed E-state index contributed by atoms with van der Waals surface area (Å²) >= 11 is 3.69. The molecule has 3 saturated heterocycles. The van der Waals surface area contributed by atoms with E-state index in [1.807, 2.05) is 13.8 Å². The van der Waals surface area contributed by atoms with Gasteiger partial charge in [0.25, 0.3) is 0 Å². The first-order valence-corrected chi connectivity index (χ1v) is 16.7. The van der Waals surface area contributed by atoms with Crippen LogP contribution in [0.15, 0.2) is 25.3 Å². The lowest BCUT2D eigenvalue weighted by molar-refractivity contribution is -0.160. The van der Waals surface area contributed by atoms with Gasteiger partial charge in [0.05, 0.1) is 37.1 Å². The Bertz CT molecular complexity index is 1040. The highest BCUT2D eigenvalue weighted by atomic mass is 79.9. The van der Waals surface area contributed by atoms with Gasteiger partial charge < -0.3 is 29.7 Å². The highest BCUT2D eigenvalue weighted by Crippen LogP contribution is 2.61. The lowest BCUT2D eigenvalue weighted by Gasteiger charge is -2.41. The fourth-order valence-corrected chi connectivity index (χ4v) is 7.80. The summed E-state index contributed by atoms with van der Waals surface area (Å²) < 4.78 is 12.4. The average molecular weight is 669 g/mol. The summed E-state index contributed by atoms with van der Waals surface area (Å²) in [4.78, 5) is 57.7. The summed E-state index contributed by atoms with van der Waals surface area (Å²) in [6.45, 7) is 15.8. The fraction of sp³-hybridized carbons (Fsp3) is 0.750. The summed E-state index contributed by atoms with van der Waals surface area (Å²) in [7, 11) is 0. The van der Waals surface area contributed by atoms with Gasteiger partial charge in [-0.15, -0.1) is 13.2 Å². The number of esters is 1. The SMILES string of the molecule is C=CCCC(=O)NC[C@H](C)OC(=O)[C@H]1[C@@H]2O[C@@]3(CC2Br)[C@@H]1C(=O)N([C@@H](CO)[C@@H](C)CC)[C@@H]3C(=O)N(CC=C)CCCCC. The van der Waals surface area contributed by atoms with Crippen molar-refractivity contribution in [3.63, 3.8) is 0 Å². The second-order valence-corrected chi connectivity index (χ2v) is 13.4. The molecule has 3 fully saturated rings. The molecule has 11 heteroatoms. The van der Waals surface area contributed by atoms with E-state index in [1.54, 1.807) is 24.0 Å². The number of nitrogens with one attached hydrogen (secondary N) is 1. The number of fused-ring (bicyclic) bond motifs is 1. The number of aliphatic hydroxyl groups is 1. The Kier molecular flexibility index (Phi) is 12.8. The Labute approximate surface area is 264 Å². The summed E-state index contributed by atoms with van der Waals surface area (Å²) in [5, 5.41) is 13.3. The molecule has 9 atom stereocenters. The van der Waals surface area contributed by atoms with Crippen molar-refractivity contribution in [2.75, 3.05) is 26.2 Å².